The van der Waals surface area contributed by atoms with Gasteiger partial charge in [0, 0.05) is 6.20 Å². The molecule has 1 aliphatic rings. The topological polar surface area (TPSA) is 55.7 Å². The van der Waals surface area contributed by atoms with Crippen LogP contribution in [-0.4, -0.2) is 14.8 Å². The normalized spacial score (nSPS) is 22.5. The van der Waals surface area contributed by atoms with Crippen LogP contribution in [0.5, 0.6) is 0 Å². The second-order valence-corrected chi connectivity index (χ2v) is 2.58. The van der Waals surface area contributed by atoms with Gasteiger partial charge in [-0.15, -0.1) is 0 Å². The highest BCUT2D eigenvalue weighted by atomic mass is 32.2. The molecule has 0 aromatic rings. The van der Waals surface area contributed by atoms with E-state index in [4.69, 9.17) is 0 Å². The van der Waals surface area contributed by atoms with Gasteiger partial charge in [-0.1, -0.05) is 0 Å². The van der Waals surface area contributed by atoms with Crippen LogP contribution in [0.15, 0.2) is 16.6 Å². The number of aliphatic imine (C=N–C) groups is 1. The molecular formula is C3H3NO3S. The average Bonchev–Trinajstić information content (AvgIpc) is 1.65. The lowest BCUT2D eigenvalue weighted by molar-refractivity contribution is 0.500. The maximum Gasteiger partial charge on any atom is 0.334 e. The zero-order valence-corrected chi connectivity index (χ0v) is 4.63. The summed E-state index contributed by atoms with van der Waals surface area (Å²) in [6.45, 7) is 0. The van der Waals surface area contributed by atoms with Gasteiger partial charge >= 0.3 is 10.1 Å². The van der Waals surface area contributed by atoms with Crippen molar-refractivity contribution in [2.75, 3.05) is 0 Å². The molecule has 0 fully saturated rings. The van der Waals surface area contributed by atoms with Crippen LogP contribution in [0, 0.1) is 0 Å². The smallest absolute Gasteiger partial charge is 0.334 e. The zero-order valence-electron chi connectivity index (χ0n) is 3.81. The molecule has 0 radical (unpaired) electrons. The Hall–Kier alpha value is -0.840. The molecule has 0 unspecified atom stereocenters. The van der Waals surface area contributed by atoms with Crippen LogP contribution in [-0.2, 0) is 14.3 Å². The maximum atomic E-state index is 10.3. The maximum absolute atomic E-state index is 10.3. The van der Waals surface area contributed by atoms with Crippen LogP contribution in [0.2, 0.25) is 0 Å². The van der Waals surface area contributed by atoms with Crippen molar-refractivity contribution >= 4 is 16.5 Å². The average molecular weight is 133 g/mol. The highest BCUT2D eigenvalue weighted by molar-refractivity contribution is 7.90. The van der Waals surface area contributed by atoms with Gasteiger partial charge in [0.05, 0.1) is 5.41 Å². The van der Waals surface area contributed by atoms with E-state index in [-0.39, 0.29) is 0 Å². The van der Waals surface area contributed by atoms with E-state index in [9.17, 15) is 8.42 Å². The van der Waals surface area contributed by atoms with Crippen molar-refractivity contribution in [1.82, 2.24) is 0 Å². The van der Waals surface area contributed by atoms with Crippen LogP contribution in [0.25, 0.3) is 0 Å². The van der Waals surface area contributed by atoms with Gasteiger partial charge in [-0.2, -0.15) is 8.42 Å². The van der Waals surface area contributed by atoms with Crippen LogP contribution in [0.4, 0.5) is 0 Å². The lowest BCUT2D eigenvalue weighted by atomic mass is 11.0. The van der Waals surface area contributed by atoms with E-state index in [1.54, 1.807) is 0 Å². The van der Waals surface area contributed by atoms with Crippen molar-refractivity contribution in [3.8, 4) is 0 Å². The van der Waals surface area contributed by atoms with Gasteiger partial charge in [0.1, 0.15) is 0 Å². The quantitative estimate of drug-likeness (QED) is 0.431. The second-order valence-electron chi connectivity index (χ2n) is 1.13. The van der Waals surface area contributed by atoms with Crippen LogP contribution < -0.4 is 0 Å². The van der Waals surface area contributed by atoms with Crippen molar-refractivity contribution < 1.29 is 12.6 Å². The second kappa shape index (κ2) is 1.59. The minimum Gasteiger partial charge on any atom is -0.367 e. The molecule has 1 aliphatic heterocycles. The third-order valence-corrected chi connectivity index (χ3v) is 1.36. The zero-order chi connectivity index (χ0) is 6.04. The predicted molar refractivity (Wildman–Crippen MR) is 27.6 cm³/mol. The molecule has 0 atom stereocenters. The fourth-order valence-electron chi connectivity index (χ4n) is 0.262. The van der Waals surface area contributed by atoms with E-state index in [1.807, 2.05) is 0 Å². The number of rotatable bonds is 0. The SMILES string of the molecule is O=S1(=O)C=CN=CO1. The lowest BCUT2D eigenvalue weighted by Gasteiger charge is -1.96. The van der Waals surface area contributed by atoms with Gasteiger partial charge in [-0.25, -0.2) is 4.99 Å². The fraction of sp³-hybridized carbons (Fsp3) is 0. The molecular weight excluding hydrogens is 130 g/mol. The number of hydrogen-bond donors (Lipinski definition) is 0. The Balaban J connectivity index is 2.98. The molecule has 0 saturated carbocycles. The van der Waals surface area contributed by atoms with E-state index in [1.165, 1.54) is 0 Å². The Kier molecular flexibility index (Phi) is 1.05. The molecule has 8 heavy (non-hydrogen) atoms. The molecule has 44 valence electrons. The minimum atomic E-state index is -3.41. The molecule has 0 spiro atoms. The first-order chi connectivity index (χ1) is 3.71. The Morgan fingerprint density at radius 1 is 1.50 bits per heavy atom. The van der Waals surface area contributed by atoms with Crippen molar-refractivity contribution in [3.63, 3.8) is 0 Å². The molecule has 0 saturated heterocycles. The molecule has 1 heterocycles. The number of nitrogens with zero attached hydrogens (tertiary/aromatic N) is 1. The van der Waals surface area contributed by atoms with Gasteiger partial charge in [0.15, 0.2) is 6.40 Å². The lowest BCUT2D eigenvalue weighted by Crippen LogP contribution is -2.01. The summed E-state index contributed by atoms with van der Waals surface area (Å²) in [5, 5.41) is 0.882. The standard InChI is InChI=1S/C3H3NO3S/c5-8(6)2-1-4-3-7-8/h1-3H. The van der Waals surface area contributed by atoms with Gasteiger partial charge in [0.2, 0.25) is 0 Å². The van der Waals surface area contributed by atoms with Gasteiger partial charge in [-0.3, -0.25) is 0 Å². The summed E-state index contributed by atoms with van der Waals surface area (Å²) in [6, 6.07) is 0. The van der Waals surface area contributed by atoms with Crippen LogP contribution >= 0.6 is 0 Å². The summed E-state index contributed by atoms with van der Waals surface area (Å²) in [6.07, 6.45) is 2.02. The highest BCUT2D eigenvalue weighted by Gasteiger charge is 2.04. The predicted octanol–water partition coefficient (Wildman–Crippen LogP) is -0.154. The molecule has 0 amide bonds. The van der Waals surface area contributed by atoms with E-state index in [0.717, 1.165) is 18.0 Å². The Morgan fingerprint density at radius 2 is 2.25 bits per heavy atom. The Morgan fingerprint density at radius 3 is 2.50 bits per heavy atom. The highest BCUT2D eigenvalue weighted by Crippen LogP contribution is 1.97. The molecule has 4 nitrogen and oxygen atoms in total. The molecule has 1 rings (SSSR count). The molecule has 0 aromatic heterocycles. The number of hydrogen-bond acceptors (Lipinski definition) is 4. The van der Waals surface area contributed by atoms with E-state index in [2.05, 4.69) is 9.18 Å². The molecule has 0 bridgehead atoms. The molecule has 0 N–H and O–H groups in total. The third kappa shape index (κ3) is 1.06. The summed E-state index contributed by atoms with van der Waals surface area (Å²) in [5.74, 6) is 0. The van der Waals surface area contributed by atoms with Crippen molar-refractivity contribution in [2.45, 2.75) is 0 Å². The summed E-state index contributed by atoms with van der Waals surface area (Å²) in [4.78, 5) is 3.37. The van der Waals surface area contributed by atoms with Crippen molar-refractivity contribution in [1.29, 1.82) is 0 Å². The summed E-state index contributed by atoms with van der Waals surface area (Å²) in [5.41, 5.74) is 0. The van der Waals surface area contributed by atoms with Gasteiger partial charge < -0.3 is 4.18 Å². The fourth-order valence-corrected chi connectivity index (χ4v) is 0.715. The molecule has 0 aliphatic carbocycles. The van der Waals surface area contributed by atoms with Gasteiger partial charge in [-0.05, 0) is 0 Å². The molecule has 5 heteroatoms. The van der Waals surface area contributed by atoms with Crippen molar-refractivity contribution in [2.24, 2.45) is 4.99 Å². The van der Waals surface area contributed by atoms with Gasteiger partial charge in [0.25, 0.3) is 0 Å². The van der Waals surface area contributed by atoms with Crippen molar-refractivity contribution in [3.05, 3.63) is 11.6 Å². The van der Waals surface area contributed by atoms with Crippen LogP contribution in [0.1, 0.15) is 0 Å². The summed E-state index contributed by atoms with van der Waals surface area (Å²) >= 11 is 0. The largest absolute Gasteiger partial charge is 0.367 e. The minimum absolute atomic E-state index is 0.870. The summed E-state index contributed by atoms with van der Waals surface area (Å²) in [7, 11) is -3.41. The third-order valence-electron chi connectivity index (χ3n) is 0.552. The Bertz CT molecular complexity index is 225. The first kappa shape index (κ1) is 5.30. The monoisotopic (exact) mass is 133 g/mol. The first-order valence-corrected chi connectivity index (χ1v) is 3.29. The first-order valence-electron chi connectivity index (χ1n) is 1.82. The molecule has 0 aromatic carbocycles. The van der Waals surface area contributed by atoms with Crippen LogP contribution in [0.3, 0.4) is 0 Å². The Labute approximate surface area is 46.6 Å². The van der Waals surface area contributed by atoms with E-state index < -0.39 is 10.1 Å². The van der Waals surface area contributed by atoms with E-state index in [0.29, 0.717) is 0 Å². The summed E-state index contributed by atoms with van der Waals surface area (Å²) < 4.78 is 24.6. The van der Waals surface area contributed by atoms with E-state index >= 15 is 0 Å².